The molecule has 0 aliphatic carbocycles. The molecule has 1 heterocycles. The van der Waals surface area contributed by atoms with Crippen molar-refractivity contribution in [3.05, 3.63) is 29.8 Å². The molecule has 90 valence electrons. The number of amidine groups is 1. The number of hydroxylamine groups is 1. The minimum absolute atomic E-state index is 0.105. The summed E-state index contributed by atoms with van der Waals surface area (Å²) in [5, 5.41) is 1.60. The maximum atomic E-state index is 11.5. The zero-order valence-electron chi connectivity index (χ0n) is 10.5. The number of benzene rings is 1. The molecular formula is C13H16N2O2. The standard InChI is InChI=1S/C13H16N2O2/c1-9-5-7-12(8-6-9)15-11(3)14-13(4,17-15)10(2)16/h5-8H,1-4H3. The van der Waals surface area contributed by atoms with Crippen molar-refractivity contribution in [2.24, 2.45) is 4.99 Å². The van der Waals surface area contributed by atoms with E-state index < -0.39 is 5.72 Å². The van der Waals surface area contributed by atoms with Crippen LogP contribution in [-0.2, 0) is 9.63 Å². The number of ketones is 1. The van der Waals surface area contributed by atoms with Gasteiger partial charge in [-0.3, -0.25) is 4.79 Å². The second kappa shape index (κ2) is 3.96. The fraction of sp³-hybridized carbons (Fsp3) is 0.385. The van der Waals surface area contributed by atoms with E-state index >= 15 is 0 Å². The number of aryl methyl sites for hydroxylation is 1. The van der Waals surface area contributed by atoms with Crippen LogP contribution >= 0.6 is 0 Å². The minimum atomic E-state index is -1.09. The highest BCUT2D eigenvalue weighted by atomic mass is 16.7. The number of nitrogens with zero attached hydrogens (tertiary/aromatic N) is 2. The van der Waals surface area contributed by atoms with Gasteiger partial charge < -0.3 is 0 Å². The smallest absolute Gasteiger partial charge is 0.242 e. The number of hydrogen-bond donors (Lipinski definition) is 0. The Morgan fingerprint density at radius 2 is 1.88 bits per heavy atom. The van der Waals surface area contributed by atoms with Crippen molar-refractivity contribution in [3.63, 3.8) is 0 Å². The molecule has 1 aliphatic rings. The first-order valence-corrected chi connectivity index (χ1v) is 5.56. The van der Waals surface area contributed by atoms with Gasteiger partial charge in [-0.2, -0.15) is 0 Å². The number of rotatable bonds is 2. The van der Waals surface area contributed by atoms with Crippen molar-refractivity contribution < 1.29 is 9.63 Å². The maximum absolute atomic E-state index is 11.5. The van der Waals surface area contributed by atoms with Gasteiger partial charge in [0, 0.05) is 0 Å². The first-order valence-electron chi connectivity index (χ1n) is 5.56. The number of aliphatic imine (C=N–C) groups is 1. The topological polar surface area (TPSA) is 41.9 Å². The maximum Gasteiger partial charge on any atom is 0.242 e. The summed E-state index contributed by atoms with van der Waals surface area (Å²) in [7, 11) is 0. The lowest BCUT2D eigenvalue weighted by atomic mass is 10.2. The Kier molecular flexibility index (Phi) is 2.75. The van der Waals surface area contributed by atoms with Gasteiger partial charge in [-0.05, 0) is 39.8 Å². The summed E-state index contributed by atoms with van der Waals surface area (Å²) in [5.74, 6) is 0.581. The molecule has 4 heteroatoms. The molecule has 0 fully saturated rings. The summed E-state index contributed by atoms with van der Waals surface area (Å²) in [6.07, 6.45) is 0. The van der Waals surface area contributed by atoms with E-state index in [9.17, 15) is 4.79 Å². The summed E-state index contributed by atoms with van der Waals surface area (Å²) in [6.45, 7) is 7.01. The van der Waals surface area contributed by atoms with Gasteiger partial charge in [-0.1, -0.05) is 17.7 Å². The number of hydrogen-bond acceptors (Lipinski definition) is 4. The number of anilines is 1. The molecule has 0 saturated carbocycles. The van der Waals surface area contributed by atoms with E-state index in [-0.39, 0.29) is 5.78 Å². The van der Waals surface area contributed by atoms with E-state index in [2.05, 4.69) is 4.99 Å². The van der Waals surface area contributed by atoms with Crippen LogP contribution in [0.1, 0.15) is 26.3 Å². The second-order valence-electron chi connectivity index (χ2n) is 4.42. The van der Waals surface area contributed by atoms with Crippen molar-refractivity contribution in [2.75, 3.05) is 5.06 Å². The van der Waals surface area contributed by atoms with Gasteiger partial charge in [0.25, 0.3) is 0 Å². The number of carbonyl (C=O) groups excluding carboxylic acids is 1. The molecule has 0 N–H and O–H groups in total. The SMILES string of the molecule is CC(=O)C1(C)N=C(C)N(c2ccc(C)cc2)O1. The zero-order chi connectivity index (χ0) is 12.6. The molecule has 1 atom stereocenters. The first kappa shape index (κ1) is 11.8. The largest absolute Gasteiger partial charge is 0.294 e. The Morgan fingerprint density at radius 1 is 1.29 bits per heavy atom. The third-order valence-corrected chi connectivity index (χ3v) is 2.86. The average Bonchev–Trinajstić information content (AvgIpc) is 2.57. The van der Waals surface area contributed by atoms with Crippen LogP contribution in [0.2, 0.25) is 0 Å². The predicted molar refractivity (Wildman–Crippen MR) is 66.9 cm³/mol. The van der Waals surface area contributed by atoms with E-state index in [1.165, 1.54) is 12.5 Å². The summed E-state index contributed by atoms with van der Waals surface area (Å²) in [4.78, 5) is 21.4. The summed E-state index contributed by atoms with van der Waals surface area (Å²) in [6, 6.07) is 7.88. The minimum Gasteiger partial charge on any atom is -0.294 e. The first-order chi connectivity index (χ1) is 7.92. The fourth-order valence-electron chi connectivity index (χ4n) is 1.68. The van der Waals surface area contributed by atoms with Gasteiger partial charge in [0.05, 0.1) is 5.69 Å². The molecule has 4 nitrogen and oxygen atoms in total. The third-order valence-electron chi connectivity index (χ3n) is 2.86. The average molecular weight is 232 g/mol. The van der Waals surface area contributed by atoms with Crippen molar-refractivity contribution in [1.29, 1.82) is 0 Å². The molecule has 17 heavy (non-hydrogen) atoms. The van der Waals surface area contributed by atoms with Crippen LogP contribution in [0.25, 0.3) is 0 Å². The molecule has 0 amide bonds. The van der Waals surface area contributed by atoms with Crippen LogP contribution in [0.3, 0.4) is 0 Å². The summed E-state index contributed by atoms with van der Waals surface area (Å²) < 4.78 is 0. The normalized spacial score (nSPS) is 23.8. The van der Waals surface area contributed by atoms with E-state index in [1.807, 2.05) is 38.1 Å². The van der Waals surface area contributed by atoms with Crippen molar-refractivity contribution in [1.82, 2.24) is 0 Å². The third kappa shape index (κ3) is 2.08. The highest BCUT2D eigenvalue weighted by Crippen LogP contribution is 2.28. The molecule has 0 radical (unpaired) electrons. The summed E-state index contributed by atoms with van der Waals surface area (Å²) in [5.41, 5.74) is 0.966. The lowest BCUT2D eigenvalue weighted by molar-refractivity contribution is -0.136. The Hall–Kier alpha value is -1.68. The quantitative estimate of drug-likeness (QED) is 0.786. The highest BCUT2D eigenvalue weighted by Gasteiger charge is 2.40. The number of carbonyl (C=O) groups is 1. The molecule has 0 saturated heterocycles. The van der Waals surface area contributed by atoms with Gasteiger partial charge in [-0.25, -0.2) is 14.9 Å². The molecule has 2 rings (SSSR count). The summed E-state index contributed by atoms with van der Waals surface area (Å²) >= 11 is 0. The lowest BCUT2D eigenvalue weighted by Crippen LogP contribution is -2.36. The molecule has 0 aromatic heterocycles. The van der Waals surface area contributed by atoms with Crippen molar-refractivity contribution >= 4 is 17.3 Å². The van der Waals surface area contributed by atoms with Gasteiger partial charge in [-0.15, -0.1) is 0 Å². The molecule has 1 unspecified atom stereocenters. The Morgan fingerprint density at radius 3 is 2.35 bits per heavy atom. The highest BCUT2D eigenvalue weighted by molar-refractivity contribution is 5.99. The molecule has 1 aliphatic heterocycles. The second-order valence-corrected chi connectivity index (χ2v) is 4.42. The molecule has 0 spiro atoms. The Bertz CT molecular complexity index is 479. The molecular weight excluding hydrogens is 216 g/mol. The molecule has 0 bridgehead atoms. The van der Waals surface area contributed by atoms with Crippen molar-refractivity contribution in [3.8, 4) is 0 Å². The van der Waals surface area contributed by atoms with E-state index in [1.54, 1.807) is 12.0 Å². The van der Waals surface area contributed by atoms with E-state index in [4.69, 9.17) is 4.84 Å². The zero-order valence-corrected chi connectivity index (χ0v) is 10.5. The van der Waals surface area contributed by atoms with Crippen LogP contribution in [-0.4, -0.2) is 17.3 Å². The monoisotopic (exact) mass is 232 g/mol. The van der Waals surface area contributed by atoms with Gasteiger partial charge in [0.15, 0.2) is 5.78 Å². The van der Waals surface area contributed by atoms with E-state index in [0.717, 1.165) is 5.69 Å². The lowest BCUT2D eigenvalue weighted by Gasteiger charge is -2.22. The predicted octanol–water partition coefficient (Wildman–Crippen LogP) is 2.47. The van der Waals surface area contributed by atoms with Gasteiger partial charge in [0.2, 0.25) is 5.72 Å². The Labute approximate surface area is 101 Å². The molecule has 1 aromatic carbocycles. The van der Waals surface area contributed by atoms with Crippen LogP contribution in [0.5, 0.6) is 0 Å². The van der Waals surface area contributed by atoms with E-state index in [0.29, 0.717) is 5.84 Å². The fourth-order valence-corrected chi connectivity index (χ4v) is 1.68. The molecule has 1 aromatic rings. The number of Topliss-reactive ketones (excluding diaryl/α,β-unsaturated/α-hetero) is 1. The van der Waals surface area contributed by atoms with Gasteiger partial charge in [0.1, 0.15) is 5.84 Å². The van der Waals surface area contributed by atoms with Crippen LogP contribution < -0.4 is 5.06 Å². The van der Waals surface area contributed by atoms with Crippen LogP contribution in [0.4, 0.5) is 5.69 Å². The Balaban J connectivity index is 2.29. The van der Waals surface area contributed by atoms with Crippen molar-refractivity contribution in [2.45, 2.75) is 33.4 Å². The van der Waals surface area contributed by atoms with Crippen LogP contribution in [0, 0.1) is 6.92 Å². The van der Waals surface area contributed by atoms with Crippen LogP contribution in [0.15, 0.2) is 29.3 Å². The van der Waals surface area contributed by atoms with Gasteiger partial charge >= 0.3 is 0 Å².